The zero-order chi connectivity index (χ0) is 7.40. The number of nitrogens with one attached hydrogen (secondary N) is 1. The molecule has 0 aromatic carbocycles. The maximum Gasteiger partial charge on any atom is 0.00606 e. The van der Waals surface area contributed by atoms with Crippen molar-refractivity contribution in [1.82, 2.24) is 5.32 Å². The topological polar surface area (TPSA) is 12.0 Å². The summed E-state index contributed by atoms with van der Waals surface area (Å²) in [5.74, 6) is 0. The fourth-order valence-corrected chi connectivity index (χ4v) is 1.76. The van der Waals surface area contributed by atoms with E-state index >= 15 is 0 Å². The van der Waals surface area contributed by atoms with E-state index in [0.29, 0.717) is 0 Å². The fourth-order valence-electron chi connectivity index (χ4n) is 0.868. The molecule has 0 spiro atoms. The van der Waals surface area contributed by atoms with Crippen molar-refractivity contribution in [2.75, 3.05) is 13.6 Å². The molecule has 2 heteroatoms. The van der Waals surface area contributed by atoms with E-state index < -0.39 is 0 Å². The lowest BCUT2D eigenvalue weighted by Gasteiger charge is -1.93. The van der Waals surface area contributed by atoms with Crippen molar-refractivity contribution in [2.45, 2.75) is 13.3 Å². The molecule has 56 valence electrons. The van der Waals surface area contributed by atoms with Crippen LogP contribution in [0.2, 0.25) is 0 Å². The Kier molecular flexibility index (Phi) is 2.90. The largest absolute Gasteiger partial charge is 0.319 e. The minimum atomic E-state index is 1.08. The molecule has 1 rings (SSSR count). The summed E-state index contributed by atoms with van der Waals surface area (Å²) < 4.78 is 0. The Bertz CT molecular complexity index is 193. The molecule has 0 amide bonds. The SMILES string of the molecule is CNCCc1ccc(C)s1. The highest BCUT2D eigenvalue weighted by Gasteiger charge is 1.93. The summed E-state index contributed by atoms with van der Waals surface area (Å²) in [5.41, 5.74) is 0. The molecule has 0 fully saturated rings. The molecule has 0 saturated carbocycles. The van der Waals surface area contributed by atoms with Crippen LogP contribution in [0.3, 0.4) is 0 Å². The van der Waals surface area contributed by atoms with Crippen LogP contribution in [-0.4, -0.2) is 13.6 Å². The van der Waals surface area contributed by atoms with E-state index in [9.17, 15) is 0 Å². The Balaban J connectivity index is 2.42. The first-order valence-electron chi connectivity index (χ1n) is 3.53. The van der Waals surface area contributed by atoms with E-state index in [4.69, 9.17) is 0 Å². The van der Waals surface area contributed by atoms with Gasteiger partial charge in [-0.2, -0.15) is 0 Å². The molecule has 0 aliphatic heterocycles. The summed E-state index contributed by atoms with van der Waals surface area (Å²) in [7, 11) is 1.99. The molecule has 10 heavy (non-hydrogen) atoms. The van der Waals surface area contributed by atoms with Crippen LogP contribution in [0.25, 0.3) is 0 Å². The maximum atomic E-state index is 3.13. The molecule has 1 N–H and O–H groups in total. The number of hydrogen-bond acceptors (Lipinski definition) is 2. The molecule has 1 heterocycles. The van der Waals surface area contributed by atoms with Gasteiger partial charge in [0.15, 0.2) is 0 Å². The smallest absolute Gasteiger partial charge is 0.00606 e. The summed E-state index contributed by atoms with van der Waals surface area (Å²) >= 11 is 1.89. The molecule has 1 nitrogen and oxygen atoms in total. The van der Waals surface area contributed by atoms with Crippen molar-refractivity contribution in [3.05, 3.63) is 21.9 Å². The van der Waals surface area contributed by atoms with Crippen molar-refractivity contribution in [2.24, 2.45) is 0 Å². The first-order chi connectivity index (χ1) is 4.83. The quantitative estimate of drug-likeness (QED) is 0.702. The van der Waals surface area contributed by atoms with Crippen molar-refractivity contribution in [1.29, 1.82) is 0 Å². The highest BCUT2D eigenvalue weighted by atomic mass is 32.1. The third-order valence-corrected chi connectivity index (χ3v) is 2.48. The van der Waals surface area contributed by atoms with Gasteiger partial charge in [0.25, 0.3) is 0 Å². The van der Waals surface area contributed by atoms with Crippen LogP contribution < -0.4 is 5.32 Å². The third kappa shape index (κ3) is 2.12. The molecule has 0 unspecified atom stereocenters. The number of hydrogen-bond donors (Lipinski definition) is 1. The maximum absolute atomic E-state index is 3.13. The zero-order valence-electron chi connectivity index (χ0n) is 6.48. The van der Waals surface area contributed by atoms with Crippen molar-refractivity contribution in [3.63, 3.8) is 0 Å². The minimum absolute atomic E-state index is 1.08. The van der Waals surface area contributed by atoms with Gasteiger partial charge >= 0.3 is 0 Å². The Hall–Kier alpha value is -0.340. The molecular weight excluding hydrogens is 142 g/mol. The van der Waals surface area contributed by atoms with Crippen LogP contribution in [0.5, 0.6) is 0 Å². The summed E-state index contributed by atoms with van der Waals surface area (Å²) in [4.78, 5) is 2.89. The Morgan fingerprint density at radius 2 is 2.30 bits per heavy atom. The minimum Gasteiger partial charge on any atom is -0.319 e. The molecule has 0 aliphatic carbocycles. The van der Waals surface area contributed by atoms with Gasteiger partial charge in [-0.15, -0.1) is 11.3 Å². The van der Waals surface area contributed by atoms with Gasteiger partial charge in [-0.3, -0.25) is 0 Å². The molecule has 1 aromatic heterocycles. The third-order valence-electron chi connectivity index (χ3n) is 1.42. The van der Waals surface area contributed by atoms with Gasteiger partial charge in [-0.05, 0) is 39.1 Å². The van der Waals surface area contributed by atoms with Gasteiger partial charge in [-0.1, -0.05) is 0 Å². The second-order valence-corrected chi connectivity index (χ2v) is 3.74. The summed E-state index contributed by atoms with van der Waals surface area (Å²) in [6.45, 7) is 3.23. The fraction of sp³-hybridized carbons (Fsp3) is 0.500. The van der Waals surface area contributed by atoms with Gasteiger partial charge < -0.3 is 5.32 Å². The standard InChI is InChI=1S/C8H13NS/c1-7-3-4-8(10-7)5-6-9-2/h3-4,9H,5-6H2,1-2H3. The molecule has 0 saturated heterocycles. The average Bonchev–Trinajstić information content (AvgIpc) is 2.31. The van der Waals surface area contributed by atoms with Crippen LogP contribution in [0.4, 0.5) is 0 Å². The predicted molar refractivity (Wildman–Crippen MR) is 46.7 cm³/mol. The van der Waals surface area contributed by atoms with E-state index in [-0.39, 0.29) is 0 Å². The van der Waals surface area contributed by atoms with Crippen molar-refractivity contribution < 1.29 is 0 Å². The summed E-state index contributed by atoms with van der Waals surface area (Å²) in [5, 5.41) is 3.13. The lowest BCUT2D eigenvalue weighted by atomic mass is 10.3. The zero-order valence-corrected chi connectivity index (χ0v) is 7.29. The Morgan fingerprint density at radius 1 is 1.50 bits per heavy atom. The molecule has 0 bridgehead atoms. The first kappa shape index (κ1) is 7.76. The van der Waals surface area contributed by atoms with Crippen LogP contribution >= 0.6 is 11.3 Å². The van der Waals surface area contributed by atoms with Crippen LogP contribution in [-0.2, 0) is 6.42 Å². The molecule has 0 radical (unpaired) electrons. The monoisotopic (exact) mass is 155 g/mol. The number of aryl methyl sites for hydroxylation is 1. The highest BCUT2D eigenvalue weighted by molar-refractivity contribution is 7.11. The number of thiophene rings is 1. The van der Waals surface area contributed by atoms with E-state index in [2.05, 4.69) is 24.4 Å². The molecule has 0 aliphatic rings. The average molecular weight is 155 g/mol. The normalized spacial score (nSPS) is 10.2. The second kappa shape index (κ2) is 3.74. The van der Waals surface area contributed by atoms with E-state index in [1.54, 1.807) is 0 Å². The first-order valence-corrected chi connectivity index (χ1v) is 4.34. The Labute approximate surface area is 66.1 Å². The number of rotatable bonds is 3. The lowest BCUT2D eigenvalue weighted by Crippen LogP contribution is -2.09. The second-order valence-electron chi connectivity index (χ2n) is 2.37. The van der Waals surface area contributed by atoms with Gasteiger partial charge in [0.1, 0.15) is 0 Å². The molecule has 1 aromatic rings. The summed E-state index contributed by atoms with van der Waals surface area (Å²) in [6, 6.07) is 4.38. The lowest BCUT2D eigenvalue weighted by molar-refractivity contribution is 0.799. The molecular formula is C8H13NS. The van der Waals surface area contributed by atoms with Crippen molar-refractivity contribution in [3.8, 4) is 0 Å². The van der Waals surface area contributed by atoms with Crippen LogP contribution in [0.15, 0.2) is 12.1 Å². The van der Waals surface area contributed by atoms with E-state index in [1.807, 2.05) is 18.4 Å². The predicted octanol–water partition coefficient (Wildman–Crippen LogP) is 1.82. The van der Waals surface area contributed by atoms with E-state index in [1.165, 1.54) is 9.75 Å². The number of likely N-dealkylation sites (N-methyl/N-ethyl adjacent to an activating group) is 1. The van der Waals surface area contributed by atoms with Gasteiger partial charge in [0.05, 0.1) is 0 Å². The van der Waals surface area contributed by atoms with E-state index in [0.717, 1.165) is 13.0 Å². The van der Waals surface area contributed by atoms with Crippen LogP contribution in [0.1, 0.15) is 9.75 Å². The van der Waals surface area contributed by atoms with Gasteiger partial charge in [-0.25, -0.2) is 0 Å². The van der Waals surface area contributed by atoms with Gasteiger partial charge in [0, 0.05) is 9.75 Å². The van der Waals surface area contributed by atoms with Crippen LogP contribution in [0, 0.1) is 6.92 Å². The summed E-state index contributed by atoms with van der Waals surface area (Å²) in [6.07, 6.45) is 1.16. The highest BCUT2D eigenvalue weighted by Crippen LogP contribution is 2.14. The van der Waals surface area contributed by atoms with Crippen molar-refractivity contribution >= 4 is 11.3 Å². The van der Waals surface area contributed by atoms with Gasteiger partial charge in [0.2, 0.25) is 0 Å². The molecule has 0 atom stereocenters. The Morgan fingerprint density at radius 3 is 2.80 bits per heavy atom.